The van der Waals surface area contributed by atoms with Gasteiger partial charge in [-0.25, -0.2) is 9.59 Å². The monoisotopic (exact) mass is 423 g/mol. The first-order valence-corrected chi connectivity index (χ1v) is 9.90. The summed E-state index contributed by atoms with van der Waals surface area (Å²) in [5.74, 6) is -0.537. The molecule has 0 heterocycles. The summed E-state index contributed by atoms with van der Waals surface area (Å²) >= 11 is 5.93. The average molecular weight is 424 g/mol. The molecule has 0 bridgehead atoms. The van der Waals surface area contributed by atoms with Gasteiger partial charge in [-0.15, -0.1) is 0 Å². The third-order valence-electron chi connectivity index (χ3n) is 4.37. The van der Waals surface area contributed by atoms with Crippen molar-refractivity contribution in [3.05, 3.63) is 107 Å². The van der Waals surface area contributed by atoms with E-state index in [9.17, 15) is 9.59 Å². The van der Waals surface area contributed by atoms with Gasteiger partial charge in [0.15, 0.2) is 0 Å². The molecule has 0 aliphatic rings. The quantitative estimate of drug-likeness (QED) is 0.522. The first-order chi connectivity index (χ1) is 14.6. The summed E-state index contributed by atoms with van der Waals surface area (Å²) in [4.78, 5) is 25.0. The van der Waals surface area contributed by atoms with Gasteiger partial charge >= 0.3 is 12.1 Å². The van der Waals surface area contributed by atoms with Crippen molar-refractivity contribution >= 4 is 23.7 Å². The maximum atomic E-state index is 12.7. The molecule has 1 unspecified atom stereocenters. The summed E-state index contributed by atoms with van der Waals surface area (Å²) in [7, 11) is 0. The molecule has 0 saturated heterocycles. The van der Waals surface area contributed by atoms with Gasteiger partial charge in [0.1, 0.15) is 19.3 Å². The second-order valence-electron chi connectivity index (χ2n) is 6.68. The van der Waals surface area contributed by atoms with Crippen LogP contribution >= 0.6 is 11.6 Å². The normalized spacial score (nSPS) is 11.4. The van der Waals surface area contributed by atoms with Crippen LogP contribution in [-0.4, -0.2) is 18.1 Å². The molecule has 3 rings (SSSR count). The maximum absolute atomic E-state index is 12.7. The highest BCUT2D eigenvalue weighted by molar-refractivity contribution is 6.30. The van der Waals surface area contributed by atoms with E-state index in [0.717, 1.165) is 16.7 Å². The highest BCUT2D eigenvalue weighted by atomic mass is 35.5. The number of esters is 1. The predicted molar refractivity (Wildman–Crippen MR) is 115 cm³/mol. The highest BCUT2D eigenvalue weighted by Crippen LogP contribution is 2.13. The lowest BCUT2D eigenvalue weighted by Gasteiger charge is -2.18. The summed E-state index contributed by atoms with van der Waals surface area (Å²) in [6.07, 6.45) is -0.430. The third-order valence-corrected chi connectivity index (χ3v) is 4.62. The molecule has 5 nitrogen and oxygen atoms in total. The maximum Gasteiger partial charge on any atom is 0.408 e. The smallest absolute Gasteiger partial charge is 0.408 e. The van der Waals surface area contributed by atoms with E-state index in [1.165, 1.54) is 0 Å². The van der Waals surface area contributed by atoms with Crippen molar-refractivity contribution < 1.29 is 19.1 Å². The summed E-state index contributed by atoms with van der Waals surface area (Å²) < 4.78 is 10.7. The second kappa shape index (κ2) is 11.0. The first-order valence-electron chi connectivity index (χ1n) is 9.52. The SMILES string of the molecule is O=C(NC(Cc1ccc(Cl)cc1)C(=O)OCc1ccccc1)OCc1ccccc1. The van der Waals surface area contributed by atoms with E-state index in [4.69, 9.17) is 21.1 Å². The number of hydrogen-bond acceptors (Lipinski definition) is 4. The van der Waals surface area contributed by atoms with E-state index in [1.54, 1.807) is 24.3 Å². The Morgan fingerprint density at radius 3 is 1.83 bits per heavy atom. The highest BCUT2D eigenvalue weighted by Gasteiger charge is 2.23. The lowest BCUT2D eigenvalue weighted by Crippen LogP contribution is -2.43. The van der Waals surface area contributed by atoms with Crippen LogP contribution in [0.4, 0.5) is 4.79 Å². The zero-order chi connectivity index (χ0) is 21.2. The van der Waals surface area contributed by atoms with E-state index in [1.807, 2.05) is 60.7 Å². The van der Waals surface area contributed by atoms with Gasteiger partial charge in [0.2, 0.25) is 0 Å². The van der Waals surface area contributed by atoms with Crippen molar-refractivity contribution in [3.63, 3.8) is 0 Å². The fourth-order valence-corrected chi connectivity index (χ4v) is 2.91. The largest absolute Gasteiger partial charge is 0.459 e. The molecule has 3 aromatic carbocycles. The van der Waals surface area contributed by atoms with Crippen LogP contribution < -0.4 is 5.32 Å². The Bertz CT molecular complexity index is 946. The predicted octanol–water partition coefficient (Wildman–Crippen LogP) is 4.92. The van der Waals surface area contributed by atoms with Crippen LogP contribution in [0.3, 0.4) is 0 Å². The Hall–Kier alpha value is -3.31. The molecule has 0 radical (unpaired) electrons. The molecule has 0 aromatic heterocycles. The van der Waals surface area contributed by atoms with Gasteiger partial charge in [0, 0.05) is 11.4 Å². The number of alkyl carbamates (subject to hydrolysis) is 1. The van der Waals surface area contributed by atoms with Crippen molar-refractivity contribution in [3.8, 4) is 0 Å². The van der Waals surface area contributed by atoms with Crippen LogP contribution in [0, 0.1) is 0 Å². The zero-order valence-corrected chi connectivity index (χ0v) is 17.0. The molecule has 3 aromatic rings. The van der Waals surface area contributed by atoms with Gasteiger partial charge in [0.25, 0.3) is 0 Å². The zero-order valence-electron chi connectivity index (χ0n) is 16.3. The van der Waals surface area contributed by atoms with E-state index in [-0.39, 0.29) is 19.6 Å². The summed E-state index contributed by atoms with van der Waals surface area (Å²) in [6.45, 7) is 0.233. The number of nitrogens with one attached hydrogen (secondary N) is 1. The van der Waals surface area contributed by atoms with Crippen molar-refractivity contribution in [2.45, 2.75) is 25.7 Å². The summed E-state index contributed by atoms with van der Waals surface area (Å²) in [5, 5.41) is 3.21. The van der Waals surface area contributed by atoms with Gasteiger partial charge in [0.05, 0.1) is 0 Å². The lowest BCUT2D eigenvalue weighted by atomic mass is 10.1. The Kier molecular flexibility index (Phi) is 7.86. The first kappa shape index (κ1) is 21.4. The second-order valence-corrected chi connectivity index (χ2v) is 7.12. The third kappa shape index (κ3) is 6.94. The van der Waals surface area contributed by atoms with Crippen molar-refractivity contribution in [1.82, 2.24) is 5.32 Å². The number of carbonyl (C=O) groups excluding carboxylic acids is 2. The molecule has 1 atom stereocenters. The average Bonchev–Trinajstić information content (AvgIpc) is 2.78. The molecule has 0 aliphatic heterocycles. The number of halogens is 1. The fourth-order valence-electron chi connectivity index (χ4n) is 2.79. The Labute approximate surface area is 180 Å². The van der Waals surface area contributed by atoms with E-state index in [2.05, 4.69) is 5.32 Å². The molecule has 0 spiro atoms. The lowest BCUT2D eigenvalue weighted by molar-refractivity contribution is -0.147. The van der Waals surface area contributed by atoms with Gasteiger partial charge in [-0.1, -0.05) is 84.4 Å². The van der Waals surface area contributed by atoms with Gasteiger partial charge in [-0.05, 0) is 28.8 Å². The molecule has 0 aliphatic carbocycles. The van der Waals surface area contributed by atoms with Crippen LogP contribution in [0.5, 0.6) is 0 Å². The van der Waals surface area contributed by atoms with Gasteiger partial charge in [-0.3, -0.25) is 0 Å². The number of ether oxygens (including phenoxy) is 2. The molecule has 6 heteroatoms. The van der Waals surface area contributed by atoms with Gasteiger partial charge in [-0.2, -0.15) is 0 Å². The van der Waals surface area contributed by atoms with Crippen LogP contribution in [0.15, 0.2) is 84.9 Å². The van der Waals surface area contributed by atoms with Crippen LogP contribution in [0.2, 0.25) is 5.02 Å². The molecule has 1 amide bonds. The Balaban J connectivity index is 1.62. The molecular weight excluding hydrogens is 402 g/mol. The molecule has 0 fully saturated rings. The van der Waals surface area contributed by atoms with E-state index in [0.29, 0.717) is 5.02 Å². The van der Waals surface area contributed by atoms with Crippen LogP contribution in [0.25, 0.3) is 0 Å². The topological polar surface area (TPSA) is 64.6 Å². The minimum Gasteiger partial charge on any atom is -0.459 e. The van der Waals surface area contributed by atoms with Crippen molar-refractivity contribution in [1.29, 1.82) is 0 Å². The fraction of sp³-hybridized carbons (Fsp3) is 0.167. The number of benzene rings is 3. The molecule has 1 N–H and O–H groups in total. The molecule has 154 valence electrons. The number of carbonyl (C=O) groups is 2. The molecule has 30 heavy (non-hydrogen) atoms. The molecular formula is C24H22ClNO4. The van der Waals surface area contributed by atoms with E-state index >= 15 is 0 Å². The number of amides is 1. The molecule has 0 saturated carbocycles. The van der Waals surface area contributed by atoms with Crippen LogP contribution in [-0.2, 0) is 33.9 Å². The Morgan fingerprint density at radius 2 is 1.27 bits per heavy atom. The summed E-state index contributed by atoms with van der Waals surface area (Å²) in [5.41, 5.74) is 2.56. The minimum atomic E-state index is -0.891. The minimum absolute atomic E-state index is 0.111. The Morgan fingerprint density at radius 1 is 0.733 bits per heavy atom. The standard InChI is InChI=1S/C24H22ClNO4/c25-21-13-11-18(12-14-21)15-22(23(27)29-16-19-7-3-1-4-8-19)26-24(28)30-17-20-9-5-2-6-10-20/h1-14,22H,15-17H2,(H,26,28). The summed E-state index contributed by atoms with van der Waals surface area (Å²) in [6, 6.07) is 24.8. The van der Waals surface area contributed by atoms with Crippen LogP contribution in [0.1, 0.15) is 16.7 Å². The van der Waals surface area contributed by atoms with Crippen molar-refractivity contribution in [2.75, 3.05) is 0 Å². The number of rotatable bonds is 8. The van der Waals surface area contributed by atoms with Gasteiger partial charge < -0.3 is 14.8 Å². The number of hydrogen-bond donors (Lipinski definition) is 1. The van der Waals surface area contributed by atoms with Crippen molar-refractivity contribution in [2.24, 2.45) is 0 Å². The van der Waals surface area contributed by atoms with E-state index < -0.39 is 18.1 Å².